The molecule has 0 bridgehead atoms. The molecule has 0 aliphatic heterocycles. The molecule has 9 nitrogen and oxygen atoms in total. The smallest absolute Gasteiger partial charge is 0.261 e. The second kappa shape index (κ2) is 6.24. The van der Waals surface area contributed by atoms with Gasteiger partial charge in [0.15, 0.2) is 17.0 Å². The van der Waals surface area contributed by atoms with Crippen LogP contribution in [-0.2, 0) is 16.6 Å². The fourth-order valence-corrected chi connectivity index (χ4v) is 4.58. The zero-order valence-corrected chi connectivity index (χ0v) is 16.4. The van der Waals surface area contributed by atoms with Crippen molar-refractivity contribution in [2.24, 2.45) is 0 Å². The van der Waals surface area contributed by atoms with Gasteiger partial charge in [-0.05, 0) is 47.9 Å². The monoisotopic (exact) mass is 408 g/mol. The molecule has 2 aromatic carbocycles. The van der Waals surface area contributed by atoms with Crippen LogP contribution in [0.3, 0.4) is 0 Å². The highest BCUT2D eigenvalue weighted by Gasteiger charge is 2.24. The number of aryl methyl sites for hydroxylation is 2. The second-order valence-corrected chi connectivity index (χ2v) is 8.31. The van der Waals surface area contributed by atoms with Crippen LogP contribution in [-0.4, -0.2) is 33.5 Å². The average Bonchev–Trinajstić information content (AvgIpc) is 3.31. The van der Waals surface area contributed by atoms with Crippen LogP contribution in [0.4, 0.5) is 5.82 Å². The van der Waals surface area contributed by atoms with Gasteiger partial charge in [0.2, 0.25) is 0 Å². The quantitative estimate of drug-likeness (QED) is 0.485. The lowest BCUT2D eigenvalue weighted by Crippen LogP contribution is -2.14. The Balaban J connectivity index is 1.70. The van der Waals surface area contributed by atoms with Crippen molar-refractivity contribution in [1.29, 1.82) is 0 Å². The summed E-state index contributed by atoms with van der Waals surface area (Å²) in [6.07, 6.45) is 0. The molecule has 5 aromatic rings. The van der Waals surface area contributed by atoms with Crippen molar-refractivity contribution in [2.45, 2.75) is 25.3 Å². The molecule has 1 N–H and O–H groups in total. The molecule has 0 spiro atoms. The molecule has 0 fully saturated rings. The summed E-state index contributed by atoms with van der Waals surface area (Å²) in [5.41, 5.74) is 3.05. The van der Waals surface area contributed by atoms with Gasteiger partial charge in [0.1, 0.15) is 10.4 Å². The van der Waals surface area contributed by atoms with E-state index < -0.39 is 10.0 Å². The first kappa shape index (κ1) is 17.6. The summed E-state index contributed by atoms with van der Waals surface area (Å²) in [5.74, 6) is 0.214. The van der Waals surface area contributed by atoms with Crippen molar-refractivity contribution in [1.82, 2.24) is 25.1 Å². The Morgan fingerprint density at radius 2 is 1.93 bits per heavy atom. The maximum absolute atomic E-state index is 13.1. The van der Waals surface area contributed by atoms with Crippen LogP contribution in [0.25, 0.3) is 33.0 Å². The molecule has 10 heteroatoms. The van der Waals surface area contributed by atoms with E-state index in [0.29, 0.717) is 23.1 Å². The molecule has 0 saturated carbocycles. The minimum absolute atomic E-state index is 0.0277. The molecular weight excluding hydrogens is 392 g/mol. The molecule has 3 heterocycles. The number of fused-ring (bicyclic) bond motifs is 3. The molecule has 0 amide bonds. The highest BCUT2D eigenvalue weighted by Crippen LogP contribution is 2.29. The molecule has 0 aliphatic carbocycles. The Kier molecular flexibility index (Phi) is 3.78. The number of hydrogen-bond donors (Lipinski definition) is 1. The molecule has 0 aliphatic rings. The SMILES string of the molecule is CCn1nc(NS(=O)(=O)c2cccc3nonc23)c2cc3cccc(C)c3nc21. The Bertz CT molecular complexity index is 1500. The summed E-state index contributed by atoms with van der Waals surface area (Å²) in [4.78, 5) is 4.71. The van der Waals surface area contributed by atoms with Gasteiger partial charge in [0, 0.05) is 11.9 Å². The highest BCUT2D eigenvalue weighted by molar-refractivity contribution is 7.93. The molecular formula is C19H16N6O3S. The van der Waals surface area contributed by atoms with Crippen LogP contribution in [0.1, 0.15) is 12.5 Å². The van der Waals surface area contributed by atoms with Crippen molar-refractivity contribution in [2.75, 3.05) is 4.72 Å². The minimum atomic E-state index is -3.97. The first-order valence-corrected chi connectivity index (χ1v) is 10.5. The highest BCUT2D eigenvalue weighted by atomic mass is 32.2. The lowest BCUT2D eigenvalue weighted by Gasteiger charge is -2.06. The van der Waals surface area contributed by atoms with Crippen LogP contribution in [0.5, 0.6) is 0 Å². The largest absolute Gasteiger partial charge is 0.265 e. The predicted octanol–water partition coefficient (Wildman–Crippen LogP) is 3.25. The lowest BCUT2D eigenvalue weighted by molar-refractivity contribution is 0.315. The van der Waals surface area contributed by atoms with Gasteiger partial charge in [-0.3, -0.25) is 4.72 Å². The second-order valence-electron chi connectivity index (χ2n) is 6.66. The van der Waals surface area contributed by atoms with Crippen molar-refractivity contribution >= 4 is 48.8 Å². The van der Waals surface area contributed by atoms with Crippen LogP contribution < -0.4 is 4.72 Å². The first-order valence-electron chi connectivity index (χ1n) is 8.99. The third-order valence-electron chi connectivity index (χ3n) is 4.82. The number of sulfonamides is 1. The van der Waals surface area contributed by atoms with Crippen LogP contribution >= 0.6 is 0 Å². The number of benzene rings is 2. The number of anilines is 1. The first-order chi connectivity index (χ1) is 14.0. The van der Waals surface area contributed by atoms with E-state index in [9.17, 15) is 8.42 Å². The Labute approximate surface area is 165 Å². The standard InChI is InChI=1S/C19H16N6O3S/c1-3-25-19-13(10-12-7-4-6-11(2)16(12)20-19)18(21-25)24-29(26,27)15-9-5-8-14-17(15)23-28-22-14/h4-10H,3H2,1-2H3,(H,21,24). The van der Waals surface area contributed by atoms with E-state index in [1.54, 1.807) is 16.8 Å². The summed E-state index contributed by atoms with van der Waals surface area (Å²) >= 11 is 0. The number of aromatic nitrogens is 5. The topological polar surface area (TPSA) is 116 Å². The van der Waals surface area contributed by atoms with Gasteiger partial charge in [0.05, 0.1) is 10.9 Å². The Morgan fingerprint density at radius 3 is 2.76 bits per heavy atom. The van der Waals surface area contributed by atoms with Gasteiger partial charge in [-0.1, -0.05) is 24.3 Å². The summed E-state index contributed by atoms with van der Waals surface area (Å²) in [5, 5.41) is 13.4. The normalized spacial score (nSPS) is 12.2. The predicted molar refractivity (Wildman–Crippen MR) is 108 cm³/mol. The van der Waals surface area contributed by atoms with Gasteiger partial charge >= 0.3 is 0 Å². The summed E-state index contributed by atoms with van der Waals surface area (Å²) in [6.45, 7) is 4.46. The van der Waals surface area contributed by atoms with Crippen molar-refractivity contribution in [3.63, 3.8) is 0 Å². The van der Waals surface area contributed by atoms with Gasteiger partial charge < -0.3 is 0 Å². The molecule has 0 atom stereocenters. The number of para-hydroxylation sites is 1. The van der Waals surface area contributed by atoms with E-state index in [0.717, 1.165) is 16.5 Å². The number of hydrogen-bond acceptors (Lipinski definition) is 7. The van der Waals surface area contributed by atoms with Crippen molar-refractivity contribution in [3.8, 4) is 0 Å². The third kappa shape index (κ3) is 2.71. The van der Waals surface area contributed by atoms with Crippen LogP contribution in [0, 0.1) is 6.92 Å². The molecule has 0 radical (unpaired) electrons. The Hall–Kier alpha value is -3.53. The maximum Gasteiger partial charge on any atom is 0.265 e. The fraction of sp³-hybridized carbons (Fsp3) is 0.158. The average molecular weight is 408 g/mol. The molecule has 29 heavy (non-hydrogen) atoms. The maximum atomic E-state index is 13.1. The van der Waals surface area contributed by atoms with Gasteiger partial charge in [-0.2, -0.15) is 5.10 Å². The molecule has 0 saturated heterocycles. The lowest BCUT2D eigenvalue weighted by atomic mass is 10.1. The molecule has 3 aromatic heterocycles. The molecule has 5 rings (SSSR count). The third-order valence-corrected chi connectivity index (χ3v) is 6.19. The number of rotatable bonds is 4. The molecule has 0 unspecified atom stereocenters. The van der Waals surface area contributed by atoms with Gasteiger partial charge in [-0.15, -0.1) is 0 Å². The number of nitrogens with one attached hydrogen (secondary N) is 1. The van der Waals surface area contributed by atoms with E-state index in [1.807, 2.05) is 38.1 Å². The van der Waals surface area contributed by atoms with Gasteiger partial charge in [-0.25, -0.2) is 22.7 Å². The minimum Gasteiger partial charge on any atom is -0.261 e. The summed E-state index contributed by atoms with van der Waals surface area (Å²) in [7, 11) is -3.97. The van der Waals surface area contributed by atoms with Crippen LogP contribution in [0.15, 0.2) is 52.0 Å². The van der Waals surface area contributed by atoms with E-state index >= 15 is 0 Å². The number of pyridine rings is 1. The summed E-state index contributed by atoms with van der Waals surface area (Å²) in [6, 6.07) is 12.4. The van der Waals surface area contributed by atoms with E-state index in [-0.39, 0.29) is 16.2 Å². The van der Waals surface area contributed by atoms with Gasteiger partial charge in [0.25, 0.3) is 10.0 Å². The summed E-state index contributed by atoms with van der Waals surface area (Å²) < 4.78 is 35.1. The molecule has 146 valence electrons. The van der Waals surface area contributed by atoms with E-state index in [1.165, 1.54) is 6.07 Å². The number of nitrogens with zero attached hydrogens (tertiary/aromatic N) is 5. The zero-order valence-electron chi connectivity index (χ0n) is 15.6. The van der Waals surface area contributed by atoms with Crippen molar-refractivity contribution < 1.29 is 13.0 Å². The van der Waals surface area contributed by atoms with E-state index in [4.69, 9.17) is 4.98 Å². The Morgan fingerprint density at radius 1 is 1.10 bits per heavy atom. The van der Waals surface area contributed by atoms with Crippen molar-refractivity contribution in [3.05, 3.63) is 48.0 Å². The zero-order chi connectivity index (χ0) is 20.2. The fourth-order valence-electron chi connectivity index (χ4n) is 3.41. The van der Waals surface area contributed by atoms with Crippen LogP contribution in [0.2, 0.25) is 0 Å². The van der Waals surface area contributed by atoms with E-state index in [2.05, 4.69) is 24.8 Å².